The Bertz CT molecular complexity index is 556. The molecule has 2 rings (SSSR count). The first-order valence-electron chi connectivity index (χ1n) is 8.60. The Labute approximate surface area is 156 Å². The molecule has 7 heteroatoms. The maximum atomic E-state index is 12.3. The molecule has 2 atom stereocenters. The van der Waals surface area contributed by atoms with E-state index in [9.17, 15) is 4.79 Å². The highest BCUT2D eigenvalue weighted by Gasteiger charge is 2.21. The molecule has 6 nitrogen and oxygen atoms in total. The first-order valence-corrected chi connectivity index (χ1v) is 8.60. The maximum Gasteiger partial charge on any atom is 0.234 e. The number of nitrogens with zero attached hydrogens (tertiary/aromatic N) is 1. The summed E-state index contributed by atoms with van der Waals surface area (Å²) < 4.78 is 10.9. The molecule has 1 aromatic rings. The van der Waals surface area contributed by atoms with E-state index in [2.05, 4.69) is 22.5 Å². The monoisotopic (exact) mass is 371 g/mol. The summed E-state index contributed by atoms with van der Waals surface area (Å²) in [5.74, 6) is 1.45. The number of amides is 1. The molecule has 0 aromatic heterocycles. The van der Waals surface area contributed by atoms with Gasteiger partial charge in [-0.1, -0.05) is 6.07 Å². The molecule has 1 saturated heterocycles. The molecule has 0 spiro atoms. The molecular formula is C18H30ClN3O3. The van der Waals surface area contributed by atoms with Crippen molar-refractivity contribution in [3.8, 4) is 11.5 Å². The van der Waals surface area contributed by atoms with Crippen molar-refractivity contribution < 1.29 is 14.3 Å². The first kappa shape index (κ1) is 21.5. The number of halogens is 1. The molecule has 1 aliphatic heterocycles. The van der Waals surface area contributed by atoms with Crippen LogP contribution < -0.4 is 20.1 Å². The topological polar surface area (TPSA) is 62.8 Å². The summed E-state index contributed by atoms with van der Waals surface area (Å²) in [5.41, 5.74) is 0.997. The van der Waals surface area contributed by atoms with Gasteiger partial charge in [0, 0.05) is 25.7 Å². The zero-order valence-corrected chi connectivity index (χ0v) is 16.3. The predicted molar refractivity (Wildman–Crippen MR) is 102 cm³/mol. The van der Waals surface area contributed by atoms with Gasteiger partial charge in [-0.3, -0.25) is 9.69 Å². The van der Waals surface area contributed by atoms with Crippen LogP contribution in [0.5, 0.6) is 11.5 Å². The van der Waals surface area contributed by atoms with Crippen LogP contribution in [0.3, 0.4) is 0 Å². The summed E-state index contributed by atoms with van der Waals surface area (Å²) in [6.07, 6.45) is 0. The number of carbonyl (C=O) groups is 1. The van der Waals surface area contributed by atoms with Crippen molar-refractivity contribution in [1.82, 2.24) is 15.5 Å². The molecular weight excluding hydrogens is 342 g/mol. The fourth-order valence-electron chi connectivity index (χ4n) is 2.90. The Balaban J connectivity index is 0.00000312. The number of ether oxygens (including phenoxy) is 2. The minimum absolute atomic E-state index is 0. The lowest BCUT2D eigenvalue weighted by Crippen LogP contribution is -2.52. The summed E-state index contributed by atoms with van der Waals surface area (Å²) in [6, 6.07) is 6.07. The van der Waals surface area contributed by atoms with E-state index in [4.69, 9.17) is 9.47 Å². The Kier molecular flexibility index (Phi) is 9.03. The quantitative estimate of drug-likeness (QED) is 0.767. The van der Waals surface area contributed by atoms with E-state index in [1.54, 1.807) is 7.11 Å². The van der Waals surface area contributed by atoms with Crippen LogP contribution in [0.4, 0.5) is 0 Å². The van der Waals surface area contributed by atoms with Gasteiger partial charge < -0.3 is 20.1 Å². The van der Waals surface area contributed by atoms with Gasteiger partial charge in [-0.05, 0) is 38.5 Å². The number of methoxy groups -OCH3 is 1. The van der Waals surface area contributed by atoms with Gasteiger partial charge in [-0.15, -0.1) is 12.4 Å². The second-order valence-electron chi connectivity index (χ2n) is 6.16. The average Bonchev–Trinajstić information content (AvgIpc) is 2.57. The van der Waals surface area contributed by atoms with Crippen molar-refractivity contribution in [3.63, 3.8) is 0 Å². The number of rotatable bonds is 7. The second-order valence-corrected chi connectivity index (χ2v) is 6.16. The maximum absolute atomic E-state index is 12.3. The number of carbonyl (C=O) groups excluding carboxylic acids is 1. The highest BCUT2D eigenvalue weighted by Crippen LogP contribution is 2.30. The first-order chi connectivity index (χ1) is 11.5. The Morgan fingerprint density at radius 3 is 2.84 bits per heavy atom. The molecule has 25 heavy (non-hydrogen) atoms. The second kappa shape index (κ2) is 10.5. The Morgan fingerprint density at radius 1 is 1.44 bits per heavy atom. The van der Waals surface area contributed by atoms with E-state index >= 15 is 0 Å². The molecule has 2 N–H and O–H groups in total. The van der Waals surface area contributed by atoms with Crippen molar-refractivity contribution in [2.24, 2.45) is 0 Å². The minimum atomic E-state index is -0.0831. The molecule has 142 valence electrons. The third-order valence-corrected chi connectivity index (χ3v) is 4.35. The van der Waals surface area contributed by atoms with Crippen molar-refractivity contribution in [2.75, 3.05) is 39.9 Å². The minimum Gasteiger partial charge on any atom is -0.493 e. The van der Waals surface area contributed by atoms with Gasteiger partial charge in [0.1, 0.15) is 0 Å². The van der Waals surface area contributed by atoms with Crippen LogP contribution in [0.2, 0.25) is 0 Å². The van der Waals surface area contributed by atoms with Crippen LogP contribution >= 0.6 is 12.4 Å². The van der Waals surface area contributed by atoms with Crippen molar-refractivity contribution in [3.05, 3.63) is 23.8 Å². The highest BCUT2D eigenvalue weighted by molar-refractivity contribution is 5.85. The molecule has 0 aliphatic carbocycles. The lowest BCUT2D eigenvalue weighted by molar-refractivity contribution is -0.123. The molecule has 0 saturated carbocycles. The van der Waals surface area contributed by atoms with Gasteiger partial charge in [0.15, 0.2) is 11.5 Å². The average molecular weight is 372 g/mol. The van der Waals surface area contributed by atoms with E-state index in [1.807, 2.05) is 32.0 Å². The molecule has 1 fully saturated rings. The zero-order valence-electron chi connectivity index (χ0n) is 15.5. The SMILES string of the molecule is CCOc1ccc(C(C)NC(=O)CN2CCNC[C@H]2C)cc1OC.Cl. The summed E-state index contributed by atoms with van der Waals surface area (Å²) in [7, 11) is 1.62. The lowest BCUT2D eigenvalue weighted by atomic mass is 10.1. The fourth-order valence-corrected chi connectivity index (χ4v) is 2.90. The third kappa shape index (κ3) is 6.06. The van der Waals surface area contributed by atoms with Crippen molar-refractivity contribution >= 4 is 18.3 Å². The number of benzene rings is 1. The number of hydrogen-bond donors (Lipinski definition) is 2. The zero-order chi connectivity index (χ0) is 17.5. The summed E-state index contributed by atoms with van der Waals surface area (Å²) in [5, 5.41) is 6.40. The predicted octanol–water partition coefficient (Wildman–Crippen LogP) is 1.99. The standard InChI is InChI=1S/C18H29N3O3.ClH/c1-5-24-16-7-6-15(10-17(16)23-4)14(3)20-18(22)12-21-9-8-19-11-13(21)2;/h6-7,10,13-14,19H,5,8-9,11-12H2,1-4H3,(H,20,22);1H/t13-,14?;/m1./s1. The van der Waals surface area contributed by atoms with Crippen LogP contribution in [-0.2, 0) is 4.79 Å². The highest BCUT2D eigenvalue weighted by atomic mass is 35.5. The molecule has 1 aliphatic rings. The molecule has 0 bridgehead atoms. The van der Waals surface area contributed by atoms with E-state index in [0.29, 0.717) is 24.9 Å². The Morgan fingerprint density at radius 2 is 2.20 bits per heavy atom. The molecule has 0 radical (unpaired) electrons. The van der Waals surface area contributed by atoms with Gasteiger partial charge >= 0.3 is 0 Å². The van der Waals surface area contributed by atoms with Crippen LogP contribution in [0.1, 0.15) is 32.4 Å². The van der Waals surface area contributed by atoms with E-state index < -0.39 is 0 Å². The van der Waals surface area contributed by atoms with Crippen LogP contribution in [-0.4, -0.2) is 56.7 Å². The van der Waals surface area contributed by atoms with Crippen LogP contribution in [0, 0.1) is 0 Å². The molecule has 1 heterocycles. The number of piperazine rings is 1. The largest absolute Gasteiger partial charge is 0.493 e. The smallest absolute Gasteiger partial charge is 0.234 e. The normalized spacial score (nSPS) is 18.8. The summed E-state index contributed by atoms with van der Waals surface area (Å²) >= 11 is 0. The van der Waals surface area contributed by atoms with E-state index in [1.165, 1.54) is 0 Å². The summed E-state index contributed by atoms with van der Waals surface area (Å²) in [4.78, 5) is 14.5. The van der Waals surface area contributed by atoms with Gasteiger partial charge in [0.2, 0.25) is 5.91 Å². The molecule has 1 amide bonds. The van der Waals surface area contributed by atoms with E-state index in [0.717, 1.165) is 30.9 Å². The van der Waals surface area contributed by atoms with E-state index in [-0.39, 0.29) is 24.4 Å². The third-order valence-electron chi connectivity index (χ3n) is 4.35. The van der Waals surface area contributed by atoms with Crippen molar-refractivity contribution in [1.29, 1.82) is 0 Å². The fraction of sp³-hybridized carbons (Fsp3) is 0.611. The Hall–Kier alpha value is -1.50. The van der Waals surface area contributed by atoms with Gasteiger partial charge in [0.05, 0.1) is 26.3 Å². The lowest BCUT2D eigenvalue weighted by Gasteiger charge is -2.33. The van der Waals surface area contributed by atoms with Gasteiger partial charge in [-0.2, -0.15) is 0 Å². The van der Waals surface area contributed by atoms with Crippen LogP contribution in [0.15, 0.2) is 18.2 Å². The van der Waals surface area contributed by atoms with Crippen LogP contribution in [0.25, 0.3) is 0 Å². The molecule has 1 unspecified atom stereocenters. The molecule has 1 aromatic carbocycles. The number of nitrogens with one attached hydrogen (secondary N) is 2. The summed E-state index contributed by atoms with van der Waals surface area (Å²) in [6.45, 7) is 9.84. The van der Waals surface area contributed by atoms with Crippen molar-refractivity contribution in [2.45, 2.75) is 32.9 Å². The van der Waals surface area contributed by atoms with Gasteiger partial charge in [-0.25, -0.2) is 0 Å². The van der Waals surface area contributed by atoms with Gasteiger partial charge in [0.25, 0.3) is 0 Å². The number of hydrogen-bond acceptors (Lipinski definition) is 5.